The van der Waals surface area contributed by atoms with Gasteiger partial charge in [0.1, 0.15) is 29.5 Å². The van der Waals surface area contributed by atoms with Crippen molar-refractivity contribution in [1.82, 2.24) is 20.1 Å². The van der Waals surface area contributed by atoms with Gasteiger partial charge >= 0.3 is 0 Å². The van der Waals surface area contributed by atoms with E-state index in [9.17, 15) is 0 Å². The van der Waals surface area contributed by atoms with Crippen LogP contribution in [0.2, 0.25) is 0 Å². The highest BCUT2D eigenvalue weighted by Gasteiger charge is 2.15. The van der Waals surface area contributed by atoms with Gasteiger partial charge in [0.2, 0.25) is 0 Å². The minimum Gasteiger partial charge on any atom is -0.459 e. The second kappa shape index (κ2) is 5.09. The molecule has 5 heteroatoms. The Bertz CT molecular complexity index is 741. The van der Waals surface area contributed by atoms with Gasteiger partial charge in [0.25, 0.3) is 0 Å². The van der Waals surface area contributed by atoms with E-state index in [1.165, 1.54) is 5.56 Å². The van der Waals surface area contributed by atoms with Crippen LogP contribution in [0.25, 0.3) is 11.0 Å². The number of rotatable bonds is 4. The summed E-state index contributed by atoms with van der Waals surface area (Å²) in [7, 11) is 1.94. The maximum atomic E-state index is 5.99. The van der Waals surface area contributed by atoms with Crippen LogP contribution in [0.1, 0.15) is 23.0 Å². The van der Waals surface area contributed by atoms with Crippen molar-refractivity contribution >= 4 is 11.0 Å². The lowest BCUT2D eigenvalue weighted by Crippen LogP contribution is -2.10. The molecule has 0 aliphatic heterocycles. The average molecular weight is 270 g/mol. The molecule has 5 nitrogen and oxygen atoms in total. The Hall–Kier alpha value is -2.14. The van der Waals surface area contributed by atoms with Crippen molar-refractivity contribution in [3.63, 3.8) is 0 Å². The minimum atomic E-state index is 0.609. The van der Waals surface area contributed by atoms with Gasteiger partial charge in [-0.05, 0) is 27.0 Å². The monoisotopic (exact) mass is 270 g/mol. The maximum Gasteiger partial charge on any atom is 0.147 e. The van der Waals surface area contributed by atoms with Crippen molar-refractivity contribution < 1.29 is 4.42 Å². The highest BCUT2D eigenvalue weighted by atomic mass is 16.3. The summed E-state index contributed by atoms with van der Waals surface area (Å²) >= 11 is 0. The molecule has 104 valence electrons. The van der Waals surface area contributed by atoms with Crippen molar-refractivity contribution in [2.45, 2.75) is 26.9 Å². The molecule has 0 fully saturated rings. The largest absolute Gasteiger partial charge is 0.459 e. The van der Waals surface area contributed by atoms with Crippen LogP contribution < -0.4 is 5.32 Å². The van der Waals surface area contributed by atoms with E-state index in [4.69, 9.17) is 4.42 Å². The summed E-state index contributed by atoms with van der Waals surface area (Å²) in [6.07, 6.45) is 0. The molecule has 1 aromatic carbocycles. The molecule has 0 amide bonds. The van der Waals surface area contributed by atoms with Gasteiger partial charge in [-0.3, -0.25) is 0 Å². The van der Waals surface area contributed by atoms with Gasteiger partial charge in [-0.15, -0.1) is 0 Å². The van der Waals surface area contributed by atoms with Crippen LogP contribution in [0, 0.1) is 13.8 Å². The van der Waals surface area contributed by atoms with E-state index in [0.717, 1.165) is 34.9 Å². The maximum absolute atomic E-state index is 5.99. The SMILES string of the molecule is CNCc1c(Cn2nc(C)nc2C)oc2ccccc12. The van der Waals surface area contributed by atoms with Crippen molar-refractivity contribution in [3.8, 4) is 0 Å². The van der Waals surface area contributed by atoms with Crippen molar-refractivity contribution in [1.29, 1.82) is 0 Å². The number of para-hydroxylation sites is 1. The normalized spacial score (nSPS) is 11.3. The summed E-state index contributed by atoms with van der Waals surface area (Å²) in [6, 6.07) is 8.11. The number of hydrogen-bond acceptors (Lipinski definition) is 4. The topological polar surface area (TPSA) is 55.9 Å². The van der Waals surface area contributed by atoms with Crippen molar-refractivity contribution in [2.24, 2.45) is 0 Å². The number of benzene rings is 1. The Kier molecular flexibility index (Phi) is 3.28. The average Bonchev–Trinajstić information content (AvgIpc) is 2.92. The summed E-state index contributed by atoms with van der Waals surface area (Å²) in [4.78, 5) is 4.33. The standard InChI is InChI=1S/C15H18N4O/c1-10-17-11(2)19(18-10)9-15-13(8-16-3)12-6-4-5-7-14(12)20-15/h4-7,16H,8-9H2,1-3H3. The number of furan rings is 1. The third-order valence-corrected chi connectivity index (χ3v) is 3.39. The van der Waals surface area contributed by atoms with Crippen LogP contribution in [-0.2, 0) is 13.1 Å². The Morgan fingerprint density at radius 3 is 2.75 bits per heavy atom. The molecule has 0 unspecified atom stereocenters. The van der Waals surface area contributed by atoms with Crippen molar-refractivity contribution in [2.75, 3.05) is 7.05 Å². The molecule has 1 N–H and O–H groups in total. The number of nitrogens with zero attached hydrogens (tertiary/aromatic N) is 3. The lowest BCUT2D eigenvalue weighted by molar-refractivity contribution is 0.495. The van der Waals surface area contributed by atoms with E-state index in [1.807, 2.05) is 43.8 Å². The molecule has 0 saturated carbocycles. The van der Waals surface area contributed by atoms with Gasteiger partial charge in [0.15, 0.2) is 0 Å². The fraction of sp³-hybridized carbons (Fsp3) is 0.333. The number of fused-ring (bicyclic) bond motifs is 1. The smallest absolute Gasteiger partial charge is 0.147 e. The molecular formula is C15H18N4O. The molecule has 0 atom stereocenters. The molecule has 0 aliphatic carbocycles. The molecule has 0 spiro atoms. The minimum absolute atomic E-state index is 0.609. The first-order chi connectivity index (χ1) is 9.69. The van der Waals surface area contributed by atoms with E-state index in [2.05, 4.69) is 21.5 Å². The van der Waals surface area contributed by atoms with E-state index in [0.29, 0.717) is 6.54 Å². The Morgan fingerprint density at radius 2 is 2.05 bits per heavy atom. The molecule has 0 bridgehead atoms. The number of aromatic nitrogens is 3. The van der Waals surface area contributed by atoms with Crippen LogP contribution in [0.5, 0.6) is 0 Å². The third kappa shape index (κ3) is 2.20. The predicted molar refractivity (Wildman–Crippen MR) is 77.6 cm³/mol. The zero-order valence-corrected chi connectivity index (χ0v) is 12.0. The lowest BCUT2D eigenvalue weighted by atomic mass is 10.1. The van der Waals surface area contributed by atoms with Crippen LogP contribution in [0.15, 0.2) is 28.7 Å². The molecule has 3 aromatic rings. The highest BCUT2D eigenvalue weighted by Crippen LogP contribution is 2.26. The summed E-state index contributed by atoms with van der Waals surface area (Å²) in [5.41, 5.74) is 2.11. The zero-order chi connectivity index (χ0) is 14.1. The van der Waals surface area contributed by atoms with Crippen LogP contribution in [0.4, 0.5) is 0 Å². The Labute approximate surface area is 117 Å². The molecule has 3 rings (SSSR count). The molecule has 2 heterocycles. The Morgan fingerprint density at radius 1 is 1.25 bits per heavy atom. The molecule has 20 heavy (non-hydrogen) atoms. The second-order valence-electron chi connectivity index (χ2n) is 4.89. The third-order valence-electron chi connectivity index (χ3n) is 3.39. The first-order valence-electron chi connectivity index (χ1n) is 6.71. The number of nitrogens with one attached hydrogen (secondary N) is 1. The van der Waals surface area contributed by atoms with Gasteiger partial charge in [-0.25, -0.2) is 9.67 Å². The lowest BCUT2D eigenvalue weighted by Gasteiger charge is -2.04. The predicted octanol–water partition coefficient (Wildman–Crippen LogP) is 2.41. The Balaban J connectivity index is 2.06. The van der Waals surface area contributed by atoms with Gasteiger partial charge in [-0.1, -0.05) is 18.2 Å². The molecule has 0 radical (unpaired) electrons. The zero-order valence-electron chi connectivity index (χ0n) is 12.0. The van der Waals surface area contributed by atoms with E-state index < -0.39 is 0 Å². The first kappa shape index (κ1) is 12.9. The van der Waals surface area contributed by atoms with Crippen LogP contribution in [0.3, 0.4) is 0 Å². The molecule has 2 aromatic heterocycles. The van der Waals surface area contributed by atoms with Gasteiger partial charge in [0.05, 0.1) is 0 Å². The quantitative estimate of drug-likeness (QED) is 0.791. The summed E-state index contributed by atoms with van der Waals surface area (Å²) in [6.45, 7) is 5.24. The van der Waals surface area contributed by atoms with Crippen LogP contribution >= 0.6 is 0 Å². The fourth-order valence-corrected chi connectivity index (χ4v) is 2.49. The molecular weight excluding hydrogens is 252 g/mol. The van der Waals surface area contributed by atoms with Gasteiger partial charge in [0, 0.05) is 17.5 Å². The summed E-state index contributed by atoms with van der Waals surface area (Å²) < 4.78 is 7.87. The van der Waals surface area contributed by atoms with E-state index in [1.54, 1.807) is 0 Å². The fourth-order valence-electron chi connectivity index (χ4n) is 2.49. The highest BCUT2D eigenvalue weighted by molar-refractivity contribution is 5.82. The first-order valence-corrected chi connectivity index (χ1v) is 6.71. The number of hydrogen-bond donors (Lipinski definition) is 1. The molecule has 0 saturated heterocycles. The van der Waals surface area contributed by atoms with E-state index >= 15 is 0 Å². The number of aryl methyl sites for hydroxylation is 2. The van der Waals surface area contributed by atoms with Gasteiger partial charge < -0.3 is 9.73 Å². The van der Waals surface area contributed by atoms with Crippen LogP contribution in [-0.4, -0.2) is 21.8 Å². The summed E-state index contributed by atoms with van der Waals surface area (Å²) in [5, 5.41) is 8.76. The van der Waals surface area contributed by atoms with Crippen molar-refractivity contribution in [3.05, 3.63) is 47.2 Å². The van der Waals surface area contributed by atoms with E-state index in [-0.39, 0.29) is 0 Å². The molecule has 0 aliphatic rings. The summed E-state index contributed by atoms with van der Waals surface area (Å²) in [5.74, 6) is 2.63. The second-order valence-corrected chi connectivity index (χ2v) is 4.89. The van der Waals surface area contributed by atoms with Gasteiger partial charge in [-0.2, -0.15) is 5.10 Å².